The summed E-state index contributed by atoms with van der Waals surface area (Å²) in [6.45, 7) is 5.20. The van der Waals surface area contributed by atoms with Crippen LogP contribution in [0.5, 0.6) is 0 Å². The maximum Gasteiger partial charge on any atom is 0.318 e. The van der Waals surface area contributed by atoms with Crippen LogP contribution in [0, 0.1) is 17.2 Å². The first-order valence-corrected chi connectivity index (χ1v) is 10.1. The van der Waals surface area contributed by atoms with Crippen molar-refractivity contribution in [2.75, 3.05) is 38.6 Å². The molecule has 1 aromatic rings. The molecule has 2 rings (SSSR count). The SMILES string of the molecule is CC(C)CC(NC(=O)N1CCCC(c2ccc(N(C)C)nc2)C1)C(=O)NCC#N. The minimum Gasteiger partial charge on any atom is -0.363 e. The maximum atomic E-state index is 12.8. The second kappa shape index (κ2) is 10.6. The first kappa shape index (κ1) is 22.5. The molecule has 1 aliphatic heterocycles. The highest BCUT2D eigenvalue weighted by atomic mass is 16.2. The molecular weight excluding hydrogens is 368 g/mol. The van der Waals surface area contributed by atoms with E-state index >= 15 is 0 Å². The molecule has 8 heteroatoms. The third kappa shape index (κ3) is 6.63. The van der Waals surface area contributed by atoms with Gasteiger partial charge < -0.3 is 20.4 Å². The molecule has 1 saturated heterocycles. The van der Waals surface area contributed by atoms with E-state index in [4.69, 9.17) is 5.26 Å². The zero-order chi connectivity index (χ0) is 21.4. The minimum atomic E-state index is -0.641. The van der Waals surface area contributed by atoms with Crippen LogP contribution in [0.15, 0.2) is 18.3 Å². The number of carbonyl (C=O) groups is 2. The molecule has 8 nitrogen and oxygen atoms in total. The van der Waals surface area contributed by atoms with Gasteiger partial charge in [0.05, 0.1) is 6.07 Å². The monoisotopic (exact) mass is 400 g/mol. The van der Waals surface area contributed by atoms with E-state index in [1.54, 1.807) is 4.90 Å². The van der Waals surface area contributed by atoms with Crippen LogP contribution in [0.25, 0.3) is 0 Å². The summed E-state index contributed by atoms with van der Waals surface area (Å²) in [6, 6.07) is 5.09. The second-order valence-electron chi connectivity index (χ2n) is 8.14. The van der Waals surface area contributed by atoms with Crippen molar-refractivity contribution in [3.8, 4) is 6.07 Å². The lowest BCUT2D eigenvalue weighted by atomic mass is 9.92. The number of likely N-dealkylation sites (tertiary alicyclic amines) is 1. The van der Waals surface area contributed by atoms with Crippen LogP contribution < -0.4 is 15.5 Å². The Hall–Kier alpha value is -2.82. The summed E-state index contributed by atoms with van der Waals surface area (Å²) >= 11 is 0. The summed E-state index contributed by atoms with van der Waals surface area (Å²) in [4.78, 5) is 33.4. The fraction of sp³-hybridized carbons (Fsp3) is 0.619. The van der Waals surface area contributed by atoms with Crippen LogP contribution in [0.3, 0.4) is 0 Å². The molecule has 0 aliphatic carbocycles. The summed E-state index contributed by atoms with van der Waals surface area (Å²) in [6.07, 6.45) is 4.32. The van der Waals surface area contributed by atoms with Crippen molar-refractivity contribution in [2.45, 2.75) is 45.1 Å². The Bertz CT molecular complexity index is 726. The van der Waals surface area contributed by atoms with Crippen molar-refractivity contribution in [3.63, 3.8) is 0 Å². The number of hydrogen-bond donors (Lipinski definition) is 2. The van der Waals surface area contributed by atoms with E-state index in [1.165, 1.54) is 0 Å². The Labute approximate surface area is 173 Å². The second-order valence-corrected chi connectivity index (χ2v) is 8.14. The molecule has 158 valence electrons. The molecule has 0 radical (unpaired) electrons. The van der Waals surface area contributed by atoms with E-state index in [0.29, 0.717) is 19.5 Å². The van der Waals surface area contributed by atoms with Crippen molar-refractivity contribution >= 4 is 17.8 Å². The number of hydrogen-bond acceptors (Lipinski definition) is 5. The van der Waals surface area contributed by atoms with Gasteiger partial charge in [-0.1, -0.05) is 19.9 Å². The third-order valence-electron chi connectivity index (χ3n) is 5.07. The van der Waals surface area contributed by atoms with Gasteiger partial charge in [0, 0.05) is 39.3 Å². The predicted octanol–water partition coefficient (Wildman–Crippen LogP) is 2.09. The zero-order valence-electron chi connectivity index (χ0n) is 17.8. The lowest BCUT2D eigenvalue weighted by Crippen LogP contribution is -2.53. The number of aromatic nitrogens is 1. The van der Waals surface area contributed by atoms with Crippen molar-refractivity contribution in [3.05, 3.63) is 23.9 Å². The van der Waals surface area contributed by atoms with E-state index in [9.17, 15) is 9.59 Å². The maximum absolute atomic E-state index is 12.8. The summed E-state index contributed by atoms with van der Waals surface area (Å²) in [7, 11) is 3.91. The number of rotatable bonds is 7. The van der Waals surface area contributed by atoms with Crippen LogP contribution in [0.4, 0.5) is 10.6 Å². The van der Waals surface area contributed by atoms with Gasteiger partial charge in [0.25, 0.3) is 0 Å². The summed E-state index contributed by atoms with van der Waals surface area (Å²) in [5.41, 5.74) is 1.12. The van der Waals surface area contributed by atoms with Crippen molar-refractivity contribution < 1.29 is 9.59 Å². The molecule has 29 heavy (non-hydrogen) atoms. The van der Waals surface area contributed by atoms with Crippen LogP contribution in [0.1, 0.15) is 44.6 Å². The Morgan fingerprint density at radius 1 is 1.38 bits per heavy atom. The molecule has 0 bridgehead atoms. The predicted molar refractivity (Wildman–Crippen MR) is 113 cm³/mol. The molecular formula is C21H32N6O2. The van der Waals surface area contributed by atoms with E-state index in [0.717, 1.165) is 24.2 Å². The number of anilines is 1. The quantitative estimate of drug-likeness (QED) is 0.683. The Morgan fingerprint density at radius 2 is 2.14 bits per heavy atom. The first-order valence-electron chi connectivity index (χ1n) is 10.1. The number of piperidine rings is 1. The van der Waals surface area contributed by atoms with Gasteiger partial charge in [-0.3, -0.25) is 4.79 Å². The van der Waals surface area contributed by atoms with Crippen LogP contribution in [-0.4, -0.2) is 61.6 Å². The highest BCUT2D eigenvalue weighted by Crippen LogP contribution is 2.27. The van der Waals surface area contributed by atoms with Crippen molar-refractivity contribution in [1.82, 2.24) is 20.5 Å². The Kier molecular flexibility index (Phi) is 8.25. The van der Waals surface area contributed by atoms with E-state index < -0.39 is 6.04 Å². The van der Waals surface area contributed by atoms with Gasteiger partial charge in [-0.2, -0.15) is 5.26 Å². The summed E-state index contributed by atoms with van der Waals surface area (Å²) in [5, 5.41) is 14.1. The van der Waals surface area contributed by atoms with Crippen molar-refractivity contribution in [1.29, 1.82) is 5.26 Å². The molecule has 0 saturated carbocycles. The van der Waals surface area contributed by atoms with Gasteiger partial charge in [-0.25, -0.2) is 9.78 Å². The van der Waals surface area contributed by atoms with Crippen LogP contribution in [0.2, 0.25) is 0 Å². The third-order valence-corrected chi connectivity index (χ3v) is 5.07. The molecule has 2 atom stereocenters. The molecule has 3 amide bonds. The number of urea groups is 1. The fourth-order valence-corrected chi connectivity index (χ4v) is 3.53. The lowest BCUT2D eigenvalue weighted by molar-refractivity contribution is -0.123. The van der Waals surface area contributed by atoms with Gasteiger partial charge in [-0.15, -0.1) is 0 Å². The summed E-state index contributed by atoms with van der Waals surface area (Å²) < 4.78 is 0. The van der Waals surface area contributed by atoms with Crippen LogP contribution in [-0.2, 0) is 4.79 Å². The van der Waals surface area contributed by atoms with E-state index in [2.05, 4.69) is 21.7 Å². The topological polar surface area (TPSA) is 101 Å². The molecule has 1 aliphatic rings. The molecule has 2 N–H and O–H groups in total. The normalized spacial score (nSPS) is 17.4. The molecule has 0 aromatic carbocycles. The number of amides is 3. The van der Waals surface area contributed by atoms with Gasteiger partial charge in [0.15, 0.2) is 0 Å². The molecule has 1 aromatic heterocycles. The highest BCUT2D eigenvalue weighted by Gasteiger charge is 2.28. The zero-order valence-corrected chi connectivity index (χ0v) is 17.8. The highest BCUT2D eigenvalue weighted by molar-refractivity contribution is 5.87. The Balaban J connectivity index is 2.01. The Morgan fingerprint density at radius 3 is 2.72 bits per heavy atom. The minimum absolute atomic E-state index is 0.0645. The molecule has 2 unspecified atom stereocenters. The number of nitrogens with one attached hydrogen (secondary N) is 2. The fourth-order valence-electron chi connectivity index (χ4n) is 3.53. The smallest absolute Gasteiger partial charge is 0.318 e. The van der Waals surface area contributed by atoms with Gasteiger partial charge >= 0.3 is 6.03 Å². The average Bonchev–Trinajstić information content (AvgIpc) is 2.71. The number of carbonyl (C=O) groups excluding carboxylic acids is 2. The average molecular weight is 401 g/mol. The molecule has 2 heterocycles. The lowest BCUT2D eigenvalue weighted by Gasteiger charge is -2.34. The first-order chi connectivity index (χ1) is 13.8. The standard InChI is InChI=1S/C21H32N6O2/c1-15(2)12-18(20(28)23-10-9-22)25-21(29)27-11-5-6-17(14-27)16-7-8-19(24-13-16)26(3)4/h7-8,13,15,17-18H,5-6,10-12,14H2,1-4H3,(H,23,28)(H,25,29). The molecule has 0 spiro atoms. The summed E-state index contributed by atoms with van der Waals surface area (Å²) in [5.74, 6) is 1.06. The van der Waals surface area contributed by atoms with Gasteiger partial charge in [0.2, 0.25) is 5.91 Å². The number of nitriles is 1. The van der Waals surface area contributed by atoms with Gasteiger partial charge in [-0.05, 0) is 36.8 Å². The van der Waals surface area contributed by atoms with E-state index in [-0.39, 0.29) is 30.3 Å². The van der Waals surface area contributed by atoms with Crippen molar-refractivity contribution in [2.24, 2.45) is 5.92 Å². The largest absolute Gasteiger partial charge is 0.363 e. The van der Waals surface area contributed by atoms with Gasteiger partial charge in [0.1, 0.15) is 18.4 Å². The molecule has 1 fully saturated rings. The van der Waals surface area contributed by atoms with Crippen LogP contribution >= 0.6 is 0 Å². The number of nitrogens with zero attached hydrogens (tertiary/aromatic N) is 4. The van der Waals surface area contributed by atoms with E-state index in [1.807, 2.05) is 51.2 Å². The number of pyridine rings is 1.